The van der Waals surface area contributed by atoms with Crippen molar-refractivity contribution in [1.82, 2.24) is 9.88 Å². The lowest BCUT2D eigenvalue weighted by Gasteiger charge is -2.20. The first-order valence-electron chi connectivity index (χ1n) is 7.93. The van der Waals surface area contributed by atoms with Gasteiger partial charge in [0.05, 0.1) is 14.2 Å². The van der Waals surface area contributed by atoms with E-state index in [4.69, 9.17) is 9.47 Å². The van der Waals surface area contributed by atoms with Crippen LogP contribution in [0.4, 0.5) is 0 Å². The number of amides is 1. The van der Waals surface area contributed by atoms with E-state index in [9.17, 15) is 14.4 Å². The summed E-state index contributed by atoms with van der Waals surface area (Å²) in [5, 5.41) is 2.73. The molecule has 0 atom stereocenters. The number of nitrogens with zero attached hydrogens (tertiary/aromatic N) is 1. The molecule has 0 saturated heterocycles. The summed E-state index contributed by atoms with van der Waals surface area (Å²) >= 11 is 0.895. The van der Waals surface area contributed by atoms with Gasteiger partial charge in [0.15, 0.2) is 11.5 Å². The first-order chi connectivity index (χ1) is 12.1. The molecule has 2 rings (SSSR count). The molecule has 1 aromatic heterocycles. The molecular formula is C18H22N2O5S. The summed E-state index contributed by atoms with van der Waals surface area (Å²) in [6.45, 7) is 5.18. The van der Waals surface area contributed by atoms with Crippen molar-refractivity contribution in [3.05, 3.63) is 44.3 Å². The Balaban J connectivity index is 2.37. The SMILES string of the molecule is COc1ccc(-c2cc(=O)n(CC(=O)NC(C)(C)C)c(=O)s2)cc1OC. The standard InChI is InChI=1S/C18H22N2O5S/c1-18(2,3)19-15(21)10-20-16(22)9-14(26-17(20)23)11-6-7-12(24-4)13(8-11)25-5/h6-9H,10H2,1-5H3,(H,19,21). The minimum absolute atomic E-state index is 0.308. The second-order valence-electron chi connectivity index (χ2n) is 6.67. The van der Waals surface area contributed by atoms with Gasteiger partial charge in [-0.25, -0.2) is 0 Å². The summed E-state index contributed by atoms with van der Waals surface area (Å²) in [5.74, 6) is 0.664. The third-order valence-corrected chi connectivity index (χ3v) is 4.39. The largest absolute Gasteiger partial charge is 0.493 e. The van der Waals surface area contributed by atoms with Crippen LogP contribution in [0.3, 0.4) is 0 Å². The number of rotatable bonds is 5. The molecule has 1 N–H and O–H groups in total. The van der Waals surface area contributed by atoms with Crippen LogP contribution in [-0.4, -0.2) is 30.2 Å². The van der Waals surface area contributed by atoms with Gasteiger partial charge < -0.3 is 14.8 Å². The number of methoxy groups -OCH3 is 2. The Kier molecular flexibility index (Phi) is 5.86. The minimum atomic E-state index is -0.525. The summed E-state index contributed by atoms with van der Waals surface area (Å²) in [7, 11) is 3.04. The summed E-state index contributed by atoms with van der Waals surface area (Å²) < 4.78 is 11.4. The third kappa shape index (κ3) is 4.72. The van der Waals surface area contributed by atoms with E-state index in [1.807, 2.05) is 20.8 Å². The van der Waals surface area contributed by atoms with Crippen molar-refractivity contribution in [3.8, 4) is 21.9 Å². The molecule has 1 aromatic carbocycles. The van der Waals surface area contributed by atoms with Gasteiger partial charge in [-0.05, 0) is 44.5 Å². The molecule has 0 saturated carbocycles. The highest BCUT2D eigenvalue weighted by Gasteiger charge is 2.16. The Morgan fingerprint density at radius 1 is 1.12 bits per heavy atom. The van der Waals surface area contributed by atoms with Crippen LogP contribution in [0, 0.1) is 0 Å². The molecular weight excluding hydrogens is 356 g/mol. The molecule has 7 nitrogen and oxygen atoms in total. The van der Waals surface area contributed by atoms with Crippen LogP contribution in [-0.2, 0) is 11.3 Å². The Morgan fingerprint density at radius 2 is 1.77 bits per heavy atom. The lowest BCUT2D eigenvalue weighted by molar-refractivity contribution is -0.123. The number of carbonyl (C=O) groups excluding carboxylic acids is 1. The number of hydrogen-bond acceptors (Lipinski definition) is 6. The van der Waals surface area contributed by atoms with Gasteiger partial charge in [-0.1, -0.05) is 11.3 Å². The van der Waals surface area contributed by atoms with E-state index in [-0.39, 0.29) is 12.5 Å². The highest BCUT2D eigenvalue weighted by molar-refractivity contribution is 7.12. The van der Waals surface area contributed by atoms with Gasteiger partial charge in [0.1, 0.15) is 6.54 Å². The van der Waals surface area contributed by atoms with Crippen molar-refractivity contribution in [1.29, 1.82) is 0 Å². The van der Waals surface area contributed by atoms with E-state index in [2.05, 4.69) is 5.32 Å². The molecule has 0 radical (unpaired) electrons. The fourth-order valence-corrected chi connectivity index (χ4v) is 3.19. The van der Waals surface area contributed by atoms with Crippen molar-refractivity contribution in [2.45, 2.75) is 32.9 Å². The molecule has 0 aliphatic rings. The Labute approximate surface area is 155 Å². The van der Waals surface area contributed by atoms with Crippen molar-refractivity contribution < 1.29 is 14.3 Å². The van der Waals surface area contributed by atoms with Crippen LogP contribution in [0.2, 0.25) is 0 Å². The Hall–Kier alpha value is -2.61. The van der Waals surface area contributed by atoms with Crippen molar-refractivity contribution in [3.63, 3.8) is 0 Å². The van der Waals surface area contributed by atoms with Crippen LogP contribution in [0.1, 0.15) is 20.8 Å². The third-order valence-electron chi connectivity index (χ3n) is 3.42. The number of carbonyl (C=O) groups is 1. The van der Waals surface area contributed by atoms with Gasteiger partial charge in [-0.3, -0.25) is 19.0 Å². The van der Waals surface area contributed by atoms with Crippen LogP contribution in [0.25, 0.3) is 10.4 Å². The topological polar surface area (TPSA) is 86.6 Å². The highest BCUT2D eigenvalue weighted by Crippen LogP contribution is 2.32. The lowest BCUT2D eigenvalue weighted by Crippen LogP contribution is -2.45. The average Bonchev–Trinajstić information content (AvgIpc) is 2.55. The van der Waals surface area contributed by atoms with Gasteiger partial charge >= 0.3 is 4.87 Å². The zero-order valence-corrected chi connectivity index (χ0v) is 16.2. The Morgan fingerprint density at radius 3 is 2.31 bits per heavy atom. The molecule has 0 unspecified atom stereocenters. The Bertz CT molecular complexity index is 893. The molecule has 140 valence electrons. The fraction of sp³-hybridized carbons (Fsp3) is 0.389. The van der Waals surface area contributed by atoms with Crippen LogP contribution < -0.4 is 25.2 Å². The molecule has 0 aliphatic carbocycles. The van der Waals surface area contributed by atoms with E-state index in [0.29, 0.717) is 21.9 Å². The van der Waals surface area contributed by atoms with E-state index >= 15 is 0 Å². The molecule has 1 heterocycles. The molecule has 0 spiro atoms. The van der Waals surface area contributed by atoms with E-state index in [1.165, 1.54) is 20.3 Å². The van der Waals surface area contributed by atoms with Crippen LogP contribution in [0.15, 0.2) is 33.9 Å². The quantitative estimate of drug-likeness (QED) is 0.858. The summed E-state index contributed by atoms with van der Waals surface area (Å²) in [6.07, 6.45) is 0. The van der Waals surface area contributed by atoms with Crippen molar-refractivity contribution >= 4 is 17.2 Å². The zero-order chi connectivity index (χ0) is 19.5. The summed E-state index contributed by atoms with van der Waals surface area (Å²) in [6, 6.07) is 6.48. The van der Waals surface area contributed by atoms with E-state index in [0.717, 1.165) is 15.9 Å². The van der Waals surface area contributed by atoms with Crippen molar-refractivity contribution in [2.24, 2.45) is 0 Å². The monoisotopic (exact) mass is 378 g/mol. The molecule has 1 amide bonds. The second-order valence-corrected chi connectivity index (χ2v) is 7.66. The van der Waals surface area contributed by atoms with E-state index in [1.54, 1.807) is 18.2 Å². The zero-order valence-electron chi connectivity index (χ0n) is 15.4. The maximum atomic E-state index is 12.4. The molecule has 0 aliphatic heterocycles. The average molecular weight is 378 g/mol. The minimum Gasteiger partial charge on any atom is -0.493 e. The number of benzene rings is 1. The number of ether oxygens (including phenoxy) is 2. The maximum absolute atomic E-state index is 12.4. The molecule has 0 bridgehead atoms. The van der Waals surface area contributed by atoms with Gasteiger partial charge in [0.25, 0.3) is 5.56 Å². The number of nitrogens with one attached hydrogen (secondary N) is 1. The number of hydrogen-bond donors (Lipinski definition) is 1. The van der Waals surface area contributed by atoms with Gasteiger partial charge in [-0.2, -0.15) is 0 Å². The predicted molar refractivity (Wildman–Crippen MR) is 101 cm³/mol. The van der Waals surface area contributed by atoms with Crippen molar-refractivity contribution in [2.75, 3.05) is 14.2 Å². The summed E-state index contributed by atoms with van der Waals surface area (Å²) in [5.41, 5.74) is -0.303. The molecule has 8 heteroatoms. The van der Waals surface area contributed by atoms with Crippen LogP contribution in [0.5, 0.6) is 11.5 Å². The van der Waals surface area contributed by atoms with Crippen LogP contribution >= 0.6 is 11.3 Å². The van der Waals surface area contributed by atoms with Gasteiger partial charge in [-0.15, -0.1) is 0 Å². The molecule has 0 fully saturated rings. The normalized spacial score (nSPS) is 11.1. The molecule has 2 aromatic rings. The van der Waals surface area contributed by atoms with Gasteiger partial charge in [0.2, 0.25) is 5.91 Å². The predicted octanol–water partition coefficient (Wildman–Crippen LogP) is 1.87. The lowest BCUT2D eigenvalue weighted by atomic mass is 10.1. The fourth-order valence-electron chi connectivity index (χ4n) is 2.33. The van der Waals surface area contributed by atoms with Gasteiger partial charge in [0, 0.05) is 16.5 Å². The molecule has 26 heavy (non-hydrogen) atoms. The first kappa shape index (κ1) is 19.7. The maximum Gasteiger partial charge on any atom is 0.310 e. The van der Waals surface area contributed by atoms with E-state index < -0.39 is 16.0 Å². The summed E-state index contributed by atoms with van der Waals surface area (Å²) in [4.78, 5) is 36.7. The number of aromatic nitrogens is 1. The second kappa shape index (κ2) is 7.74. The first-order valence-corrected chi connectivity index (χ1v) is 8.74. The highest BCUT2D eigenvalue weighted by atomic mass is 32.1. The smallest absolute Gasteiger partial charge is 0.310 e.